The summed E-state index contributed by atoms with van der Waals surface area (Å²) in [5, 5.41) is 10.5. The molecule has 2 aromatic rings. The standard InChI is InChI=1S/C21H16F3N3O5S/c1-30-18(28)10-17-19(29)26-20(33-17)27-25-11-13-3-2-4-14(9-13)12-31-15-5-7-16(8-6-15)32-21(22,23)24/h2-11H,12H2,1H3,(H,26,27,29)/b17-10+,25-11?. The van der Waals surface area contributed by atoms with E-state index in [4.69, 9.17) is 4.74 Å². The van der Waals surface area contributed by atoms with Crippen LogP contribution < -0.4 is 14.8 Å². The van der Waals surface area contributed by atoms with Gasteiger partial charge in [0.05, 0.1) is 18.2 Å². The normalized spacial score (nSPS) is 16.3. The third-order valence-corrected chi connectivity index (χ3v) is 4.77. The number of nitrogens with zero attached hydrogens (tertiary/aromatic N) is 2. The Kier molecular flexibility index (Phi) is 7.72. The summed E-state index contributed by atoms with van der Waals surface area (Å²) in [6.45, 7) is 0.170. The molecule has 1 aliphatic heterocycles. The fourth-order valence-electron chi connectivity index (χ4n) is 2.46. The van der Waals surface area contributed by atoms with E-state index in [0.717, 1.165) is 35.5 Å². The van der Waals surface area contributed by atoms with Gasteiger partial charge in [0, 0.05) is 6.08 Å². The van der Waals surface area contributed by atoms with Gasteiger partial charge >= 0.3 is 12.3 Å². The Morgan fingerprint density at radius 1 is 1.15 bits per heavy atom. The molecule has 1 heterocycles. The monoisotopic (exact) mass is 479 g/mol. The summed E-state index contributed by atoms with van der Waals surface area (Å²) in [4.78, 5) is 23.2. The summed E-state index contributed by atoms with van der Waals surface area (Å²) >= 11 is 0.955. The molecule has 0 spiro atoms. The molecule has 12 heteroatoms. The summed E-state index contributed by atoms with van der Waals surface area (Å²) in [6.07, 6.45) is -2.22. The third kappa shape index (κ3) is 7.68. The molecule has 1 amide bonds. The van der Waals surface area contributed by atoms with Crippen LogP contribution in [0, 0.1) is 0 Å². The molecule has 33 heavy (non-hydrogen) atoms. The van der Waals surface area contributed by atoms with Crippen molar-refractivity contribution in [1.29, 1.82) is 0 Å². The number of benzene rings is 2. The predicted octanol–water partition coefficient (Wildman–Crippen LogP) is 3.77. The fraction of sp³-hybridized carbons (Fsp3) is 0.143. The molecule has 2 aromatic carbocycles. The molecule has 0 atom stereocenters. The van der Waals surface area contributed by atoms with Crippen LogP contribution in [0.15, 0.2) is 69.7 Å². The van der Waals surface area contributed by atoms with Crippen molar-refractivity contribution in [3.8, 4) is 11.5 Å². The molecule has 8 nitrogen and oxygen atoms in total. The number of amidine groups is 1. The van der Waals surface area contributed by atoms with Gasteiger partial charge in [-0.3, -0.25) is 10.1 Å². The Labute approximate surface area is 190 Å². The molecule has 172 valence electrons. The number of amides is 1. The van der Waals surface area contributed by atoms with Crippen LogP contribution in [0.1, 0.15) is 11.1 Å². The number of alkyl halides is 3. The molecule has 0 radical (unpaired) electrons. The molecule has 0 unspecified atom stereocenters. The molecule has 1 aliphatic rings. The number of thioether (sulfide) groups is 1. The number of methoxy groups -OCH3 is 1. The van der Waals surface area contributed by atoms with E-state index < -0.39 is 18.2 Å². The molecular formula is C21H16F3N3O5S. The van der Waals surface area contributed by atoms with Crippen LogP contribution in [0.4, 0.5) is 13.2 Å². The van der Waals surface area contributed by atoms with Gasteiger partial charge in [-0.1, -0.05) is 18.2 Å². The lowest BCUT2D eigenvalue weighted by Gasteiger charge is -2.10. The third-order valence-electron chi connectivity index (χ3n) is 3.87. The average Bonchev–Trinajstić information content (AvgIpc) is 3.11. The average molecular weight is 479 g/mol. The summed E-state index contributed by atoms with van der Waals surface area (Å²) < 4.78 is 50.5. The first kappa shape index (κ1) is 23.9. The lowest BCUT2D eigenvalue weighted by molar-refractivity contribution is -0.274. The minimum absolute atomic E-state index is 0.146. The highest BCUT2D eigenvalue weighted by Crippen LogP contribution is 2.25. The molecule has 1 fully saturated rings. The number of nitrogens with one attached hydrogen (secondary N) is 1. The Morgan fingerprint density at radius 2 is 1.88 bits per heavy atom. The Bertz CT molecular complexity index is 1110. The molecule has 1 saturated heterocycles. The van der Waals surface area contributed by atoms with E-state index in [-0.39, 0.29) is 22.4 Å². The number of hydrogen-bond acceptors (Lipinski definition) is 8. The first-order valence-corrected chi connectivity index (χ1v) is 10.0. The predicted molar refractivity (Wildman–Crippen MR) is 115 cm³/mol. The largest absolute Gasteiger partial charge is 0.573 e. The van der Waals surface area contributed by atoms with Gasteiger partial charge in [-0.15, -0.1) is 18.3 Å². The zero-order valence-electron chi connectivity index (χ0n) is 17.0. The Balaban J connectivity index is 1.56. The maximum atomic E-state index is 12.2. The van der Waals surface area contributed by atoms with Crippen LogP contribution in [0.25, 0.3) is 0 Å². The van der Waals surface area contributed by atoms with E-state index in [1.807, 2.05) is 0 Å². The first-order chi connectivity index (χ1) is 15.7. The fourth-order valence-corrected chi connectivity index (χ4v) is 3.20. The number of carbonyl (C=O) groups excluding carboxylic acids is 2. The lowest BCUT2D eigenvalue weighted by Crippen LogP contribution is -2.19. The van der Waals surface area contributed by atoms with E-state index in [2.05, 4.69) is 25.0 Å². The van der Waals surface area contributed by atoms with Crippen molar-refractivity contribution in [2.45, 2.75) is 13.0 Å². The van der Waals surface area contributed by atoms with Gasteiger partial charge in [-0.05, 0) is 53.2 Å². The number of hydrogen-bond donors (Lipinski definition) is 1. The Hall–Kier alpha value is -3.80. The van der Waals surface area contributed by atoms with Crippen molar-refractivity contribution in [3.63, 3.8) is 0 Å². The zero-order valence-corrected chi connectivity index (χ0v) is 17.8. The van der Waals surface area contributed by atoms with E-state index in [1.54, 1.807) is 24.3 Å². The minimum Gasteiger partial charge on any atom is -0.489 e. The second-order valence-corrected chi connectivity index (χ2v) is 7.32. The highest BCUT2D eigenvalue weighted by Gasteiger charge is 2.31. The molecule has 0 aromatic heterocycles. The van der Waals surface area contributed by atoms with Gasteiger partial charge in [-0.25, -0.2) is 4.79 Å². The van der Waals surface area contributed by atoms with E-state index in [9.17, 15) is 22.8 Å². The highest BCUT2D eigenvalue weighted by molar-refractivity contribution is 8.18. The van der Waals surface area contributed by atoms with Crippen molar-refractivity contribution in [2.75, 3.05) is 7.11 Å². The number of ether oxygens (including phenoxy) is 3. The zero-order chi connectivity index (χ0) is 23.8. The van der Waals surface area contributed by atoms with Crippen molar-refractivity contribution >= 4 is 35.0 Å². The molecule has 3 rings (SSSR count). The van der Waals surface area contributed by atoms with Crippen molar-refractivity contribution < 1.29 is 37.0 Å². The number of carbonyl (C=O) groups is 2. The minimum atomic E-state index is -4.75. The van der Waals surface area contributed by atoms with E-state index >= 15 is 0 Å². The van der Waals surface area contributed by atoms with Crippen LogP contribution in [0.3, 0.4) is 0 Å². The summed E-state index contributed by atoms with van der Waals surface area (Å²) in [6, 6.07) is 12.2. The van der Waals surface area contributed by atoms with Crippen LogP contribution in [0.5, 0.6) is 11.5 Å². The number of rotatable bonds is 7. The van der Waals surface area contributed by atoms with Gasteiger partial charge in [0.1, 0.15) is 18.1 Å². The SMILES string of the molecule is COC(=O)/C=C1/S/C(=N\N=Cc2cccc(COc3ccc(OC(F)(F)F)cc3)c2)NC1=O. The van der Waals surface area contributed by atoms with Crippen molar-refractivity contribution in [2.24, 2.45) is 10.2 Å². The van der Waals surface area contributed by atoms with Gasteiger partial charge in [0.2, 0.25) is 0 Å². The van der Waals surface area contributed by atoms with Gasteiger partial charge < -0.3 is 14.2 Å². The number of esters is 1. The summed E-state index contributed by atoms with van der Waals surface area (Å²) in [5.41, 5.74) is 1.49. The van der Waals surface area contributed by atoms with Gasteiger partial charge in [0.25, 0.3) is 5.91 Å². The molecule has 1 N–H and O–H groups in total. The molecule has 0 aliphatic carbocycles. The molecule has 0 bridgehead atoms. The topological polar surface area (TPSA) is 98.6 Å². The smallest absolute Gasteiger partial charge is 0.489 e. The highest BCUT2D eigenvalue weighted by atomic mass is 32.2. The lowest BCUT2D eigenvalue weighted by atomic mass is 10.1. The van der Waals surface area contributed by atoms with Crippen LogP contribution in [-0.4, -0.2) is 36.7 Å². The first-order valence-electron chi connectivity index (χ1n) is 9.19. The Morgan fingerprint density at radius 3 is 2.58 bits per heavy atom. The summed E-state index contributed by atoms with van der Waals surface area (Å²) in [5.74, 6) is -1.09. The van der Waals surface area contributed by atoms with Gasteiger partial charge in [0.15, 0.2) is 5.17 Å². The summed E-state index contributed by atoms with van der Waals surface area (Å²) in [7, 11) is 1.21. The van der Waals surface area contributed by atoms with Crippen molar-refractivity contribution in [1.82, 2.24) is 5.32 Å². The van der Waals surface area contributed by atoms with Crippen LogP contribution in [-0.2, 0) is 20.9 Å². The maximum Gasteiger partial charge on any atom is 0.573 e. The quantitative estimate of drug-likeness (QED) is 0.281. The maximum absolute atomic E-state index is 12.2. The number of halogens is 3. The van der Waals surface area contributed by atoms with Crippen LogP contribution >= 0.6 is 11.8 Å². The van der Waals surface area contributed by atoms with Gasteiger partial charge in [-0.2, -0.15) is 5.10 Å². The molecule has 0 saturated carbocycles. The van der Waals surface area contributed by atoms with E-state index in [1.165, 1.54) is 25.5 Å². The second kappa shape index (κ2) is 10.7. The molecular weight excluding hydrogens is 463 g/mol. The second-order valence-electron chi connectivity index (χ2n) is 6.29. The van der Waals surface area contributed by atoms with Crippen molar-refractivity contribution in [3.05, 3.63) is 70.6 Å². The van der Waals surface area contributed by atoms with Crippen LogP contribution in [0.2, 0.25) is 0 Å². The van der Waals surface area contributed by atoms with E-state index in [0.29, 0.717) is 11.3 Å².